The van der Waals surface area contributed by atoms with Crippen LogP contribution >= 0.6 is 0 Å². The topological polar surface area (TPSA) is 45.2 Å². The van der Waals surface area contributed by atoms with Crippen LogP contribution in [0.4, 0.5) is 15.9 Å². The quantitative estimate of drug-likeness (QED) is 0.724. The zero-order valence-electron chi connectivity index (χ0n) is 15.7. The van der Waals surface area contributed by atoms with Gasteiger partial charge >= 0.3 is 0 Å². The Balaban J connectivity index is 1.39. The number of aromatic nitrogens is 1. The maximum Gasteiger partial charge on any atom is 0.252 e. The molecule has 1 aromatic heterocycles. The highest BCUT2D eigenvalue weighted by Crippen LogP contribution is 2.36. The summed E-state index contributed by atoms with van der Waals surface area (Å²) in [5.74, 6) is 0.435. The Hall–Kier alpha value is -3.21. The lowest BCUT2D eigenvalue weighted by Gasteiger charge is -2.23. The third-order valence-electron chi connectivity index (χ3n) is 5.08. The van der Waals surface area contributed by atoms with E-state index in [0.717, 1.165) is 17.8 Å². The molecule has 4 nitrogen and oxygen atoms in total. The van der Waals surface area contributed by atoms with Crippen molar-refractivity contribution in [3.8, 4) is 0 Å². The number of nitrogens with one attached hydrogen (secondary N) is 1. The summed E-state index contributed by atoms with van der Waals surface area (Å²) in [5.41, 5.74) is 4.01. The second kappa shape index (κ2) is 7.80. The predicted octanol–water partition coefficient (Wildman–Crippen LogP) is 4.28. The number of anilines is 2. The van der Waals surface area contributed by atoms with Gasteiger partial charge in [-0.05, 0) is 61.2 Å². The third kappa shape index (κ3) is 3.74. The maximum atomic E-state index is 12.9. The van der Waals surface area contributed by atoms with Gasteiger partial charge in [0.1, 0.15) is 11.6 Å². The molecule has 1 atom stereocenters. The average Bonchev–Trinajstić information content (AvgIpc) is 3.05. The minimum atomic E-state index is -0.256. The minimum absolute atomic E-state index is 0.156. The molecule has 1 aliphatic rings. The van der Waals surface area contributed by atoms with Crippen LogP contribution < -0.4 is 10.2 Å². The fraction of sp³-hybridized carbons (Fsp3) is 0.217. The largest absolute Gasteiger partial charge is 0.352 e. The summed E-state index contributed by atoms with van der Waals surface area (Å²) < 4.78 is 12.9. The Morgan fingerprint density at radius 3 is 2.68 bits per heavy atom. The van der Waals surface area contributed by atoms with Gasteiger partial charge in [-0.15, -0.1) is 0 Å². The van der Waals surface area contributed by atoms with Crippen molar-refractivity contribution >= 4 is 17.4 Å². The number of amides is 1. The van der Waals surface area contributed by atoms with E-state index in [2.05, 4.69) is 40.3 Å². The lowest BCUT2D eigenvalue weighted by atomic mass is 10.1. The van der Waals surface area contributed by atoms with Crippen LogP contribution in [0.1, 0.15) is 28.4 Å². The lowest BCUT2D eigenvalue weighted by molar-refractivity contribution is 0.0954. The first kappa shape index (κ1) is 18.2. The molecule has 1 N–H and O–H groups in total. The van der Waals surface area contributed by atoms with Crippen LogP contribution in [0.15, 0.2) is 66.9 Å². The number of fused-ring (bicyclic) bond motifs is 1. The molecule has 0 saturated heterocycles. The van der Waals surface area contributed by atoms with E-state index in [0.29, 0.717) is 24.6 Å². The van der Waals surface area contributed by atoms with Crippen molar-refractivity contribution in [2.45, 2.75) is 25.8 Å². The Morgan fingerprint density at radius 2 is 1.93 bits per heavy atom. The van der Waals surface area contributed by atoms with Crippen LogP contribution in [0, 0.1) is 5.82 Å². The van der Waals surface area contributed by atoms with Crippen molar-refractivity contribution in [1.29, 1.82) is 0 Å². The summed E-state index contributed by atoms with van der Waals surface area (Å²) in [6.07, 6.45) is 3.26. The predicted molar refractivity (Wildman–Crippen MR) is 108 cm³/mol. The van der Waals surface area contributed by atoms with Crippen LogP contribution in [0.5, 0.6) is 0 Å². The summed E-state index contributed by atoms with van der Waals surface area (Å²) in [6.45, 7) is 2.67. The van der Waals surface area contributed by atoms with E-state index in [4.69, 9.17) is 0 Å². The summed E-state index contributed by atoms with van der Waals surface area (Å²) in [6, 6.07) is 18.7. The number of rotatable bonds is 5. The SMILES string of the molecule is CC1Cc2ccccc2N1c1ccc(C(=O)NCCc2ccc(F)cc2)cn1. The van der Waals surface area contributed by atoms with Gasteiger partial charge < -0.3 is 10.2 Å². The first-order valence-electron chi connectivity index (χ1n) is 9.47. The monoisotopic (exact) mass is 375 g/mol. The van der Waals surface area contributed by atoms with Gasteiger partial charge in [-0.3, -0.25) is 4.79 Å². The van der Waals surface area contributed by atoms with E-state index in [-0.39, 0.29) is 11.7 Å². The van der Waals surface area contributed by atoms with Gasteiger partial charge in [0, 0.05) is 24.5 Å². The summed E-state index contributed by atoms with van der Waals surface area (Å²) in [5, 5.41) is 2.89. The summed E-state index contributed by atoms with van der Waals surface area (Å²) in [7, 11) is 0. The van der Waals surface area contributed by atoms with Crippen LogP contribution in [0.2, 0.25) is 0 Å². The standard InChI is InChI=1S/C23H22FN3O/c1-16-14-18-4-2-3-5-21(18)27(16)22-11-8-19(15-26-22)23(28)25-13-12-17-6-9-20(24)10-7-17/h2-11,15-16H,12-14H2,1H3,(H,25,28). The zero-order chi connectivity index (χ0) is 19.5. The number of carbonyl (C=O) groups excluding carboxylic acids is 1. The zero-order valence-corrected chi connectivity index (χ0v) is 15.7. The second-order valence-corrected chi connectivity index (χ2v) is 7.09. The molecular weight excluding hydrogens is 353 g/mol. The van der Waals surface area contributed by atoms with Crippen LogP contribution in [0.25, 0.3) is 0 Å². The molecule has 0 spiro atoms. The molecule has 0 fully saturated rings. The van der Waals surface area contributed by atoms with Crippen molar-refractivity contribution < 1.29 is 9.18 Å². The fourth-order valence-electron chi connectivity index (χ4n) is 3.65. The van der Waals surface area contributed by atoms with E-state index in [1.807, 2.05) is 18.2 Å². The van der Waals surface area contributed by atoms with E-state index in [1.54, 1.807) is 18.3 Å². The van der Waals surface area contributed by atoms with E-state index < -0.39 is 0 Å². The molecule has 142 valence electrons. The Morgan fingerprint density at radius 1 is 1.14 bits per heavy atom. The van der Waals surface area contributed by atoms with Crippen molar-refractivity contribution in [2.24, 2.45) is 0 Å². The van der Waals surface area contributed by atoms with E-state index in [1.165, 1.54) is 23.4 Å². The molecule has 0 radical (unpaired) electrons. The molecular formula is C23H22FN3O. The van der Waals surface area contributed by atoms with Gasteiger partial charge in [0.25, 0.3) is 5.91 Å². The molecule has 2 heterocycles. The number of halogens is 1. The van der Waals surface area contributed by atoms with Gasteiger partial charge in [0.15, 0.2) is 0 Å². The Kier molecular flexibility index (Phi) is 5.06. The van der Waals surface area contributed by atoms with Gasteiger partial charge in [0.2, 0.25) is 0 Å². The first-order chi connectivity index (χ1) is 13.6. The number of para-hydroxylation sites is 1. The highest BCUT2D eigenvalue weighted by atomic mass is 19.1. The number of hydrogen-bond donors (Lipinski definition) is 1. The Bertz CT molecular complexity index is 970. The number of carbonyl (C=O) groups is 1. The maximum absolute atomic E-state index is 12.9. The molecule has 5 heteroatoms. The smallest absolute Gasteiger partial charge is 0.252 e. The van der Waals surface area contributed by atoms with Crippen molar-refractivity contribution in [1.82, 2.24) is 10.3 Å². The first-order valence-corrected chi connectivity index (χ1v) is 9.47. The third-order valence-corrected chi connectivity index (χ3v) is 5.08. The summed E-state index contributed by atoms with van der Waals surface area (Å²) >= 11 is 0. The molecule has 4 rings (SSSR count). The summed E-state index contributed by atoms with van der Waals surface area (Å²) in [4.78, 5) is 19.1. The number of pyridine rings is 1. The van der Waals surface area contributed by atoms with E-state index in [9.17, 15) is 9.18 Å². The Labute approximate surface area is 164 Å². The highest BCUT2D eigenvalue weighted by Gasteiger charge is 2.27. The fourth-order valence-corrected chi connectivity index (χ4v) is 3.65. The molecule has 0 saturated carbocycles. The van der Waals surface area contributed by atoms with Gasteiger partial charge in [-0.2, -0.15) is 0 Å². The molecule has 1 unspecified atom stereocenters. The number of benzene rings is 2. The van der Waals surface area contributed by atoms with E-state index >= 15 is 0 Å². The molecule has 28 heavy (non-hydrogen) atoms. The van der Waals surface area contributed by atoms with Crippen LogP contribution in [-0.4, -0.2) is 23.5 Å². The molecule has 2 aromatic carbocycles. The van der Waals surface area contributed by atoms with Crippen molar-refractivity contribution in [3.05, 3.63) is 89.4 Å². The van der Waals surface area contributed by atoms with Crippen molar-refractivity contribution in [3.63, 3.8) is 0 Å². The van der Waals surface area contributed by atoms with Crippen molar-refractivity contribution in [2.75, 3.05) is 11.4 Å². The van der Waals surface area contributed by atoms with Crippen LogP contribution in [-0.2, 0) is 12.8 Å². The van der Waals surface area contributed by atoms with Crippen LogP contribution in [0.3, 0.4) is 0 Å². The number of hydrogen-bond acceptors (Lipinski definition) is 3. The molecule has 1 aliphatic heterocycles. The number of nitrogens with zero attached hydrogens (tertiary/aromatic N) is 2. The average molecular weight is 375 g/mol. The molecule has 3 aromatic rings. The van der Waals surface area contributed by atoms with Gasteiger partial charge in [0.05, 0.1) is 5.56 Å². The van der Waals surface area contributed by atoms with Gasteiger partial charge in [-0.25, -0.2) is 9.37 Å². The highest BCUT2D eigenvalue weighted by molar-refractivity contribution is 5.94. The normalized spacial score (nSPS) is 15.4. The second-order valence-electron chi connectivity index (χ2n) is 7.09. The minimum Gasteiger partial charge on any atom is -0.352 e. The van der Waals surface area contributed by atoms with Gasteiger partial charge in [-0.1, -0.05) is 30.3 Å². The molecule has 1 amide bonds. The molecule has 0 aliphatic carbocycles. The lowest BCUT2D eigenvalue weighted by Crippen LogP contribution is -2.27. The molecule has 0 bridgehead atoms.